The van der Waals surface area contributed by atoms with Crippen LogP contribution in [0.2, 0.25) is 0 Å². The van der Waals surface area contributed by atoms with Gasteiger partial charge in [0, 0.05) is 12.1 Å². The van der Waals surface area contributed by atoms with Crippen molar-refractivity contribution in [3.8, 4) is 0 Å². The fourth-order valence-electron chi connectivity index (χ4n) is 2.21. The second-order valence-corrected chi connectivity index (χ2v) is 6.30. The minimum absolute atomic E-state index is 0.442. The summed E-state index contributed by atoms with van der Waals surface area (Å²) in [6.07, 6.45) is 2.51. The molecule has 0 amide bonds. The van der Waals surface area contributed by atoms with E-state index in [1.807, 2.05) is 0 Å². The summed E-state index contributed by atoms with van der Waals surface area (Å²) in [5.74, 6) is 0. The van der Waals surface area contributed by atoms with Gasteiger partial charge >= 0.3 is 0 Å². The lowest BCUT2D eigenvalue weighted by Gasteiger charge is -2.21. The lowest BCUT2D eigenvalue weighted by molar-refractivity contribution is 0.267. The molecular formula is C18H32N2. The Hall–Kier alpha value is -0.860. The third-order valence-corrected chi connectivity index (χ3v) is 4.30. The van der Waals surface area contributed by atoms with Crippen LogP contribution in [0.5, 0.6) is 0 Å². The average Bonchev–Trinajstić information content (AvgIpc) is 2.40. The lowest BCUT2D eigenvalue weighted by Crippen LogP contribution is -2.28. The molecule has 1 atom stereocenters. The molecular weight excluding hydrogens is 244 g/mol. The molecule has 1 aromatic carbocycles. The van der Waals surface area contributed by atoms with E-state index in [0.717, 1.165) is 6.54 Å². The normalized spacial score (nSPS) is 13.2. The van der Waals surface area contributed by atoms with Gasteiger partial charge in [-0.1, -0.05) is 18.2 Å². The summed E-state index contributed by atoms with van der Waals surface area (Å²) >= 11 is 0. The molecule has 20 heavy (non-hydrogen) atoms. The number of hydrogen-bond donors (Lipinski definition) is 1. The molecule has 0 fully saturated rings. The van der Waals surface area contributed by atoms with Crippen molar-refractivity contribution in [1.82, 2.24) is 10.2 Å². The van der Waals surface area contributed by atoms with E-state index in [2.05, 4.69) is 70.1 Å². The van der Waals surface area contributed by atoms with Gasteiger partial charge in [0.1, 0.15) is 0 Å². The van der Waals surface area contributed by atoms with Gasteiger partial charge in [0.05, 0.1) is 0 Å². The highest BCUT2D eigenvalue weighted by atomic mass is 15.1. The van der Waals surface area contributed by atoms with E-state index in [1.165, 1.54) is 36.1 Å². The molecule has 114 valence electrons. The molecule has 1 rings (SSSR count). The smallest absolute Gasteiger partial charge is 0.0291 e. The van der Waals surface area contributed by atoms with E-state index < -0.39 is 0 Å². The monoisotopic (exact) mass is 276 g/mol. The van der Waals surface area contributed by atoms with Crippen LogP contribution in [0.25, 0.3) is 0 Å². The van der Waals surface area contributed by atoms with Gasteiger partial charge in [-0.3, -0.25) is 0 Å². The van der Waals surface area contributed by atoms with Gasteiger partial charge < -0.3 is 10.2 Å². The number of aryl methyl sites for hydroxylation is 2. The molecule has 0 aliphatic carbocycles. The minimum Gasteiger partial charge on any atom is -0.310 e. The van der Waals surface area contributed by atoms with Gasteiger partial charge in [-0.05, 0) is 84.3 Å². The van der Waals surface area contributed by atoms with Crippen molar-refractivity contribution in [3.05, 3.63) is 34.9 Å². The molecule has 1 unspecified atom stereocenters. The second-order valence-electron chi connectivity index (χ2n) is 6.30. The molecule has 0 spiro atoms. The summed E-state index contributed by atoms with van der Waals surface area (Å²) in [5.41, 5.74) is 4.15. The Morgan fingerprint density at radius 3 is 2.35 bits per heavy atom. The van der Waals surface area contributed by atoms with Crippen molar-refractivity contribution in [2.24, 2.45) is 0 Å². The molecule has 0 bridgehead atoms. The molecule has 0 aliphatic rings. The fraction of sp³-hybridized carbons (Fsp3) is 0.667. The summed E-state index contributed by atoms with van der Waals surface area (Å²) in [6, 6.07) is 7.86. The largest absolute Gasteiger partial charge is 0.310 e. The van der Waals surface area contributed by atoms with Crippen LogP contribution >= 0.6 is 0 Å². The molecule has 2 heteroatoms. The van der Waals surface area contributed by atoms with Gasteiger partial charge in [0.2, 0.25) is 0 Å². The molecule has 0 aliphatic heterocycles. The van der Waals surface area contributed by atoms with E-state index >= 15 is 0 Å². The third-order valence-electron chi connectivity index (χ3n) is 4.30. The van der Waals surface area contributed by atoms with Gasteiger partial charge in [0.25, 0.3) is 0 Å². The van der Waals surface area contributed by atoms with Crippen LogP contribution in [0.4, 0.5) is 0 Å². The number of unbranched alkanes of at least 4 members (excludes halogenated alkanes) is 1. The van der Waals surface area contributed by atoms with Crippen molar-refractivity contribution >= 4 is 0 Å². The summed E-state index contributed by atoms with van der Waals surface area (Å²) in [7, 11) is 2.20. The maximum Gasteiger partial charge on any atom is 0.0291 e. The Balaban J connectivity index is 2.26. The minimum atomic E-state index is 0.442. The maximum absolute atomic E-state index is 3.63. The zero-order valence-corrected chi connectivity index (χ0v) is 14.2. The Morgan fingerprint density at radius 1 is 1.05 bits per heavy atom. The van der Waals surface area contributed by atoms with Crippen LogP contribution in [-0.2, 0) is 0 Å². The Labute approximate surface area is 125 Å². The first-order chi connectivity index (χ1) is 9.41. The summed E-state index contributed by atoms with van der Waals surface area (Å²) < 4.78 is 0. The van der Waals surface area contributed by atoms with Gasteiger partial charge in [-0.15, -0.1) is 0 Å². The van der Waals surface area contributed by atoms with Crippen LogP contribution < -0.4 is 5.32 Å². The predicted molar refractivity (Wildman–Crippen MR) is 89.3 cm³/mol. The molecule has 0 heterocycles. The lowest BCUT2D eigenvalue weighted by atomic mass is 10.0. The average molecular weight is 276 g/mol. The van der Waals surface area contributed by atoms with Gasteiger partial charge in [-0.25, -0.2) is 0 Å². The van der Waals surface area contributed by atoms with Crippen molar-refractivity contribution in [1.29, 1.82) is 0 Å². The molecule has 2 nitrogen and oxygen atoms in total. The van der Waals surface area contributed by atoms with E-state index in [1.54, 1.807) is 0 Å². The number of benzene rings is 1. The number of rotatable bonds is 8. The Kier molecular flexibility index (Phi) is 7.25. The molecule has 0 radical (unpaired) electrons. The first kappa shape index (κ1) is 17.2. The van der Waals surface area contributed by atoms with E-state index in [9.17, 15) is 0 Å². The van der Waals surface area contributed by atoms with Gasteiger partial charge in [0.15, 0.2) is 0 Å². The molecule has 0 aromatic heterocycles. The standard InChI is InChI=1S/C18H32N2/c1-14(2)20(6)12-8-7-11-19-17(5)18-10-9-15(3)16(4)13-18/h9-10,13-14,17,19H,7-8,11-12H2,1-6H3. The third kappa shape index (κ3) is 5.64. The van der Waals surface area contributed by atoms with Crippen molar-refractivity contribution < 1.29 is 0 Å². The highest BCUT2D eigenvalue weighted by Gasteiger charge is 2.06. The highest BCUT2D eigenvalue weighted by molar-refractivity contribution is 5.31. The predicted octanol–water partition coefficient (Wildman–Crippen LogP) is 4.07. The first-order valence-electron chi connectivity index (χ1n) is 7.92. The van der Waals surface area contributed by atoms with E-state index in [4.69, 9.17) is 0 Å². The van der Waals surface area contributed by atoms with Crippen LogP contribution in [0.1, 0.15) is 56.3 Å². The molecule has 0 saturated heterocycles. The zero-order valence-electron chi connectivity index (χ0n) is 14.2. The van der Waals surface area contributed by atoms with Crippen LogP contribution in [-0.4, -0.2) is 31.1 Å². The van der Waals surface area contributed by atoms with Crippen LogP contribution in [0.3, 0.4) is 0 Å². The fourth-order valence-corrected chi connectivity index (χ4v) is 2.21. The Bertz CT molecular complexity index is 398. The summed E-state index contributed by atoms with van der Waals surface area (Å²) in [5, 5.41) is 3.63. The number of hydrogen-bond acceptors (Lipinski definition) is 2. The maximum atomic E-state index is 3.63. The van der Waals surface area contributed by atoms with Crippen LogP contribution in [0.15, 0.2) is 18.2 Å². The number of nitrogens with one attached hydrogen (secondary N) is 1. The summed E-state index contributed by atoms with van der Waals surface area (Å²) in [4.78, 5) is 2.41. The van der Waals surface area contributed by atoms with Crippen molar-refractivity contribution in [3.63, 3.8) is 0 Å². The Morgan fingerprint density at radius 2 is 1.75 bits per heavy atom. The SMILES string of the molecule is Cc1ccc(C(C)NCCCCN(C)C(C)C)cc1C. The number of nitrogens with zero attached hydrogens (tertiary/aromatic N) is 1. The molecule has 0 saturated carbocycles. The van der Waals surface area contributed by atoms with E-state index in [0.29, 0.717) is 12.1 Å². The van der Waals surface area contributed by atoms with Crippen molar-refractivity contribution in [2.75, 3.05) is 20.1 Å². The van der Waals surface area contributed by atoms with Gasteiger partial charge in [-0.2, -0.15) is 0 Å². The van der Waals surface area contributed by atoms with Crippen molar-refractivity contribution in [2.45, 2.75) is 59.5 Å². The van der Waals surface area contributed by atoms with Crippen LogP contribution in [0, 0.1) is 13.8 Å². The molecule has 1 aromatic rings. The molecule has 1 N–H and O–H groups in total. The highest BCUT2D eigenvalue weighted by Crippen LogP contribution is 2.16. The summed E-state index contributed by atoms with van der Waals surface area (Å²) in [6.45, 7) is 13.4. The second kappa shape index (κ2) is 8.43. The quantitative estimate of drug-likeness (QED) is 0.720. The first-order valence-corrected chi connectivity index (χ1v) is 7.92. The topological polar surface area (TPSA) is 15.3 Å². The zero-order chi connectivity index (χ0) is 15.1. The van der Waals surface area contributed by atoms with E-state index in [-0.39, 0.29) is 0 Å².